The fourth-order valence-electron chi connectivity index (χ4n) is 3.05. The second-order valence-corrected chi connectivity index (χ2v) is 7.29. The van der Waals surface area contributed by atoms with Crippen molar-refractivity contribution in [3.05, 3.63) is 18.1 Å². The van der Waals surface area contributed by atoms with Gasteiger partial charge in [0.2, 0.25) is 5.91 Å². The van der Waals surface area contributed by atoms with E-state index < -0.39 is 48.5 Å². The summed E-state index contributed by atoms with van der Waals surface area (Å²) < 4.78 is 6.84. The standard InChI is InChI=1S/C17H24N6O6/c1-17(2,19-3)16(28)22-13-9-7(12(18)27)4-23(14(9)21-6-20-13)15-11(26)10(25)8(5-24)29-15/h4,6,8,10-11,15,19,24-26H,5H2,1-3H3,(H2,18,27)(H,20,21,22,28)/t8-,10?,11+,15-/m1/s1. The van der Waals surface area contributed by atoms with Crippen LogP contribution in [0.2, 0.25) is 0 Å². The molecule has 1 unspecified atom stereocenters. The molecule has 1 aliphatic heterocycles. The number of hydrogen-bond donors (Lipinski definition) is 6. The second kappa shape index (κ2) is 7.65. The van der Waals surface area contributed by atoms with Gasteiger partial charge in [-0.25, -0.2) is 9.97 Å². The lowest BCUT2D eigenvalue weighted by molar-refractivity contribution is -0.121. The molecule has 0 bridgehead atoms. The number of nitrogens with two attached hydrogens (primary N) is 1. The Kier molecular flexibility index (Phi) is 5.56. The first kappa shape index (κ1) is 21.1. The molecule has 2 aromatic rings. The highest BCUT2D eigenvalue weighted by Crippen LogP contribution is 2.35. The number of aliphatic hydroxyl groups excluding tert-OH is 3. The highest BCUT2D eigenvalue weighted by Gasteiger charge is 2.44. The molecule has 4 atom stereocenters. The van der Waals surface area contributed by atoms with Gasteiger partial charge in [0.25, 0.3) is 5.91 Å². The molecule has 1 fully saturated rings. The van der Waals surface area contributed by atoms with E-state index in [0.717, 1.165) is 0 Å². The molecule has 1 saturated heterocycles. The fourth-order valence-corrected chi connectivity index (χ4v) is 3.05. The first-order valence-electron chi connectivity index (χ1n) is 8.90. The summed E-state index contributed by atoms with van der Waals surface area (Å²) in [6.45, 7) is 2.83. The molecule has 12 heteroatoms. The van der Waals surface area contributed by atoms with Gasteiger partial charge in [0.1, 0.15) is 36.1 Å². The smallest absolute Gasteiger partial charge is 0.251 e. The number of amides is 2. The highest BCUT2D eigenvalue weighted by atomic mass is 16.6. The summed E-state index contributed by atoms with van der Waals surface area (Å²) in [7, 11) is 1.63. The molecule has 2 amide bonds. The molecule has 0 aliphatic carbocycles. The minimum atomic E-state index is -1.39. The predicted octanol–water partition coefficient (Wildman–Crippen LogP) is -1.92. The second-order valence-electron chi connectivity index (χ2n) is 7.29. The van der Waals surface area contributed by atoms with Crippen LogP contribution in [-0.2, 0) is 9.53 Å². The molecule has 3 heterocycles. The van der Waals surface area contributed by atoms with Crippen molar-refractivity contribution in [2.45, 2.75) is 43.9 Å². The molecule has 158 valence electrons. The number of aromatic nitrogens is 3. The van der Waals surface area contributed by atoms with Crippen LogP contribution in [0.25, 0.3) is 11.0 Å². The molecular weight excluding hydrogens is 384 g/mol. The number of rotatable bonds is 6. The Morgan fingerprint density at radius 3 is 2.55 bits per heavy atom. The number of primary amides is 1. The van der Waals surface area contributed by atoms with Crippen LogP contribution in [0, 0.1) is 0 Å². The van der Waals surface area contributed by atoms with E-state index in [1.807, 2.05) is 0 Å². The first-order valence-corrected chi connectivity index (χ1v) is 8.90. The summed E-state index contributed by atoms with van der Waals surface area (Å²) in [5.74, 6) is -1.16. The van der Waals surface area contributed by atoms with Gasteiger partial charge in [0, 0.05) is 6.20 Å². The van der Waals surface area contributed by atoms with Gasteiger partial charge in [-0.3, -0.25) is 9.59 Å². The van der Waals surface area contributed by atoms with Crippen molar-refractivity contribution in [1.82, 2.24) is 19.9 Å². The zero-order valence-electron chi connectivity index (χ0n) is 16.2. The van der Waals surface area contributed by atoms with E-state index in [2.05, 4.69) is 20.6 Å². The van der Waals surface area contributed by atoms with Gasteiger partial charge in [-0.15, -0.1) is 0 Å². The Morgan fingerprint density at radius 1 is 1.31 bits per heavy atom. The van der Waals surface area contributed by atoms with Crippen molar-refractivity contribution in [3.8, 4) is 0 Å². The van der Waals surface area contributed by atoms with Crippen molar-refractivity contribution in [2.75, 3.05) is 19.0 Å². The summed E-state index contributed by atoms with van der Waals surface area (Å²) in [6, 6.07) is 0. The van der Waals surface area contributed by atoms with Gasteiger partial charge in [-0.05, 0) is 20.9 Å². The normalized spacial score (nSPS) is 24.8. The zero-order chi connectivity index (χ0) is 21.5. The van der Waals surface area contributed by atoms with Crippen LogP contribution in [0.3, 0.4) is 0 Å². The number of hydrogen-bond acceptors (Lipinski definition) is 9. The van der Waals surface area contributed by atoms with E-state index >= 15 is 0 Å². The largest absolute Gasteiger partial charge is 0.394 e. The van der Waals surface area contributed by atoms with Gasteiger partial charge in [-0.2, -0.15) is 0 Å². The maximum atomic E-state index is 12.5. The Bertz CT molecular complexity index is 944. The molecule has 2 aromatic heterocycles. The third-order valence-corrected chi connectivity index (χ3v) is 5.09. The monoisotopic (exact) mass is 408 g/mol. The van der Waals surface area contributed by atoms with E-state index in [1.54, 1.807) is 20.9 Å². The van der Waals surface area contributed by atoms with Crippen LogP contribution in [0.15, 0.2) is 12.5 Å². The van der Waals surface area contributed by atoms with E-state index in [-0.39, 0.29) is 22.4 Å². The fraction of sp³-hybridized carbons (Fsp3) is 0.529. The van der Waals surface area contributed by atoms with Crippen LogP contribution in [0.1, 0.15) is 30.4 Å². The molecule has 29 heavy (non-hydrogen) atoms. The molecule has 0 saturated carbocycles. The van der Waals surface area contributed by atoms with Gasteiger partial charge in [0.05, 0.1) is 23.1 Å². The Balaban J connectivity index is 2.11. The lowest BCUT2D eigenvalue weighted by atomic mass is 10.1. The van der Waals surface area contributed by atoms with Crippen LogP contribution < -0.4 is 16.4 Å². The number of fused-ring (bicyclic) bond motifs is 1. The first-order chi connectivity index (χ1) is 13.6. The maximum absolute atomic E-state index is 12.5. The summed E-state index contributed by atoms with van der Waals surface area (Å²) in [4.78, 5) is 32.8. The molecule has 0 radical (unpaired) electrons. The van der Waals surface area contributed by atoms with Crippen LogP contribution in [0.5, 0.6) is 0 Å². The predicted molar refractivity (Wildman–Crippen MR) is 101 cm³/mol. The number of likely N-dealkylation sites (N-methyl/N-ethyl adjacent to an activating group) is 1. The molecular formula is C17H24N6O6. The average Bonchev–Trinajstić information content (AvgIpc) is 3.21. The van der Waals surface area contributed by atoms with Crippen molar-refractivity contribution in [2.24, 2.45) is 5.73 Å². The Labute approximate surface area is 165 Å². The number of nitrogens with one attached hydrogen (secondary N) is 2. The summed E-state index contributed by atoms with van der Waals surface area (Å²) in [6.07, 6.45) is -2.39. The van der Waals surface area contributed by atoms with E-state index in [4.69, 9.17) is 10.5 Å². The molecule has 7 N–H and O–H groups in total. The summed E-state index contributed by atoms with van der Waals surface area (Å²) >= 11 is 0. The van der Waals surface area contributed by atoms with Crippen molar-refractivity contribution >= 4 is 28.7 Å². The van der Waals surface area contributed by atoms with Crippen LogP contribution >= 0.6 is 0 Å². The number of anilines is 1. The highest BCUT2D eigenvalue weighted by molar-refractivity contribution is 6.12. The summed E-state index contributed by atoms with van der Waals surface area (Å²) in [5.41, 5.74) is 4.72. The Morgan fingerprint density at radius 2 is 2.00 bits per heavy atom. The molecule has 0 aromatic carbocycles. The molecule has 12 nitrogen and oxygen atoms in total. The number of carbonyl (C=O) groups is 2. The average molecular weight is 408 g/mol. The molecule has 0 spiro atoms. The van der Waals surface area contributed by atoms with Crippen molar-refractivity contribution in [1.29, 1.82) is 0 Å². The van der Waals surface area contributed by atoms with Gasteiger partial charge >= 0.3 is 0 Å². The van der Waals surface area contributed by atoms with E-state index in [1.165, 1.54) is 17.1 Å². The number of aliphatic hydroxyl groups is 3. The van der Waals surface area contributed by atoms with Crippen LogP contribution in [-0.4, -0.2) is 79.2 Å². The van der Waals surface area contributed by atoms with Gasteiger partial charge < -0.3 is 41.0 Å². The third kappa shape index (κ3) is 3.56. The van der Waals surface area contributed by atoms with E-state index in [9.17, 15) is 24.9 Å². The van der Waals surface area contributed by atoms with Crippen molar-refractivity contribution < 1.29 is 29.6 Å². The summed E-state index contributed by atoms with van der Waals surface area (Å²) in [5, 5.41) is 35.3. The topological polar surface area (TPSA) is 185 Å². The molecule has 3 rings (SSSR count). The number of carbonyl (C=O) groups excluding carboxylic acids is 2. The maximum Gasteiger partial charge on any atom is 0.251 e. The quantitative estimate of drug-likeness (QED) is 0.317. The minimum absolute atomic E-state index is 0.00379. The van der Waals surface area contributed by atoms with Gasteiger partial charge in [0.15, 0.2) is 6.23 Å². The third-order valence-electron chi connectivity index (χ3n) is 5.09. The number of ether oxygens (including phenoxy) is 1. The number of nitrogens with zero attached hydrogens (tertiary/aromatic N) is 3. The van der Waals surface area contributed by atoms with Crippen LogP contribution in [0.4, 0.5) is 5.82 Å². The SMILES string of the molecule is CNC(C)(C)C(=O)Nc1ncnc2c1c(C(N)=O)cn2[C@@H]1O[C@H](CO)C(O)[C@@H]1O. The Hall–Kier alpha value is -2.64. The lowest BCUT2D eigenvalue weighted by Gasteiger charge is -2.22. The van der Waals surface area contributed by atoms with E-state index in [0.29, 0.717) is 0 Å². The zero-order valence-corrected chi connectivity index (χ0v) is 16.2. The minimum Gasteiger partial charge on any atom is -0.394 e. The molecule has 1 aliphatic rings. The van der Waals surface area contributed by atoms with Gasteiger partial charge in [-0.1, -0.05) is 0 Å². The lowest BCUT2D eigenvalue weighted by Crippen LogP contribution is -2.48. The van der Waals surface area contributed by atoms with Crippen molar-refractivity contribution in [3.63, 3.8) is 0 Å².